The van der Waals surface area contributed by atoms with Crippen LogP contribution in [0.15, 0.2) is 54.6 Å². The Hall–Kier alpha value is -1.92. The molecule has 2 N–H and O–H groups in total. The van der Waals surface area contributed by atoms with Gasteiger partial charge in [0.2, 0.25) is 11.8 Å². The lowest BCUT2D eigenvalue weighted by molar-refractivity contribution is -0.128. The first-order valence-electron chi connectivity index (χ1n) is 9.18. The predicted molar refractivity (Wildman–Crippen MR) is 114 cm³/mol. The van der Waals surface area contributed by atoms with Crippen LogP contribution in [0.25, 0.3) is 11.1 Å². The van der Waals surface area contributed by atoms with Crippen molar-refractivity contribution in [3.8, 4) is 11.1 Å². The molecular formula is C21H24N2O2S2. The van der Waals surface area contributed by atoms with E-state index in [0.717, 1.165) is 29.7 Å². The average Bonchev–Trinajstić information content (AvgIpc) is 2.71. The largest absolute Gasteiger partial charge is 0.350 e. The molecule has 0 bridgehead atoms. The van der Waals surface area contributed by atoms with Gasteiger partial charge in [-0.2, -0.15) is 0 Å². The Morgan fingerprint density at radius 3 is 2.52 bits per heavy atom. The fourth-order valence-electron chi connectivity index (χ4n) is 2.83. The Bertz CT molecular complexity index is 751. The fourth-order valence-corrected chi connectivity index (χ4v) is 5.14. The van der Waals surface area contributed by atoms with Crippen LogP contribution in [-0.4, -0.2) is 29.4 Å². The number of nitrogens with one attached hydrogen (secondary N) is 2. The number of rotatable bonds is 4. The summed E-state index contributed by atoms with van der Waals surface area (Å²) in [5.41, 5.74) is 3.36. The quantitative estimate of drug-likeness (QED) is 0.761. The monoisotopic (exact) mass is 400 g/mol. The van der Waals surface area contributed by atoms with E-state index in [2.05, 4.69) is 34.9 Å². The lowest BCUT2D eigenvalue weighted by Crippen LogP contribution is -2.48. The molecule has 3 rings (SSSR count). The average molecular weight is 401 g/mol. The number of benzene rings is 2. The number of hydrogen-bond donors (Lipinski definition) is 2. The Morgan fingerprint density at radius 2 is 1.74 bits per heavy atom. The Balaban J connectivity index is 1.54. The molecule has 0 radical (unpaired) electrons. The van der Waals surface area contributed by atoms with E-state index in [9.17, 15) is 9.59 Å². The third-order valence-corrected chi connectivity index (χ3v) is 6.88. The van der Waals surface area contributed by atoms with Crippen LogP contribution in [0.3, 0.4) is 0 Å². The summed E-state index contributed by atoms with van der Waals surface area (Å²) in [4.78, 5) is 24.5. The molecule has 1 saturated heterocycles. The van der Waals surface area contributed by atoms with Crippen LogP contribution < -0.4 is 10.6 Å². The molecule has 0 spiro atoms. The Morgan fingerprint density at radius 1 is 1.00 bits per heavy atom. The van der Waals surface area contributed by atoms with Crippen molar-refractivity contribution in [2.45, 2.75) is 31.8 Å². The van der Waals surface area contributed by atoms with Crippen molar-refractivity contribution in [2.75, 3.05) is 11.5 Å². The molecule has 27 heavy (non-hydrogen) atoms. The molecule has 1 fully saturated rings. The zero-order chi connectivity index (χ0) is 18.9. The van der Waals surface area contributed by atoms with Gasteiger partial charge in [0.05, 0.1) is 0 Å². The number of hydrogen-bond acceptors (Lipinski definition) is 4. The van der Waals surface area contributed by atoms with Gasteiger partial charge in [-0.25, -0.2) is 0 Å². The van der Waals surface area contributed by atoms with Gasteiger partial charge in [-0.05, 0) is 29.5 Å². The maximum absolute atomic E-state index is 12.5. The lowest BCUT2D eigenvalue weighted by atomic mass is 10.0. The molecule has 0 saturated carbocycles. The van der Waals surface area contributed by atoms with Crippen LogP contribution in [0.1, 0.15) is 24.8 Å². The van der Waals surface area contributed by atoms with E-state index in [1.807, 2.05) is 30.3 Å². The lowest BCUT2D eigenvalue weighted by Gasteiger charge is -2.19. The predicted octanol–water partition coefficient (Wildman–Crippen LogP) is 4.02. The van der Waals surface area contributed by atoms with E-state index in [0.29, 0.717) is 18.7 Å². The number of carbonyl (C=O) groups is 2. The van der Waals surface area contributed by atoms with Gasteiger partial charge in [-0.15, -0.1) is 0 Å². The van der Waals surface area contributed by atoms with E-state index < -0.39 is 6.04 Å². The second kappa shape index (κ2) is 10.4. The third kappa shape index (κ3) is 6.33. The summed E-state index contributed by atoms with van der Waals surface area (Å²) in [6.45, 7) is 0.456. The van der Waals surface area contributed by atoms with Crippen molar-refractivity contribution in [1.82, 2.24) is 10.6 Å². The van der Waals surface area contributed by atoms with Crippen molar-refractivity contribution < 1.29 is 9.59 Å². The standard InChI is InChI=1S/C21H24N2O2S2/c24-20-8-4-5-13-26-27-15-19(23-20)21(25)22-14-16-9-11-18(12-10-16)17-6-2-1-3-7-17/h1-3,6-7,9-12,19H,4-5,8,13-15H2,(H,22,25)(H,23,24)/t19-/m0/s1. The van der Waals surface area contributed by atoms with Crippen molar-refractivity contribution in [3.63, 3.8) is 0 Å². The van der Waals surface area contributed by atoms with Gasteiger partial charge >= 0.3 is 0 Å². The Labute approximate surface area is 168 Å². The zero-order valence-electron chi connectivity index (χ0n) is 15.1. The molecule has 2 aromatic rings. The van der Waals surface area contributed by atoms with E-state index in [-0.39, 0.29) is 11.8 Å². The van der Waals surface area contributed by atoms with Gasteiger partial charge in [-0.1, -0.05) is 76.2 Å². The van der Waals surface area contributed by atoms with E-state index in [4.69, 9.17) is 0 Å². The summed E-state index contributed by atoms with van der Waals surface area (Å²) in [5.74, 6) is 1.47. The van der Waals surface area contributed by atoms with Crippen molar-refractivity contribution in [3.05, 3.63) is 60.2 Å². The second-order valence-corrected chi connectivity index (χ2v) is 9.09. The molecule has 1 heterocycles. The molecule has 1 atom stereocenters. The summed E-state index contributed by atoms with van der Waals surface area (Å²) >= 11 is 0. The van der Waals surface area contributed by atoms with Crippen LogP contribution in [0, 0.1) is 0 Å². The van der Waals surface area contributed by atoms with E-state index in [1.54, 1.807) is 21.6 Å². The maximum atomic E-state index is 12.5. The van der Waals surface area contributed by atoms with E-state index >= 15 is 0 Å². The molecular weight excluding hydrogens is 376 g/mol. The minimum Gasteiger partial charge on any atom is -0.350 e. The van der Waals surface area contributed by atoms with E-state index in [1.165, 1.54) is 5.56 Å². The summed E-state index contributed by atoms with van der Waals surface area (Å²) in [6.07, 6.45) is 2.42. The van der Waals surface area contributed by atoms with Gasteiger partial charge in [0, 0.05) is 24.5 Å². The molecule has 6 heteroatoms. The topological polar surface area (TPSA) is 58.2 Å². The molecule has 1 aliphatic heterocycles. The van der Waals surface area contributed by atoms with Crippen LogP contribution in [0.4, 0.5) is 0 Å². The summed E-state index contributed by atoms with van der Waals surface area (Å²) in [7, 11) is 3.43. The minimum absolute atomic E-state index is 0.0325. The van der Waals surface area contributed by atoms with Gasteiger partial charge in [-0.3, -0.25) is 9.59 Å². The van der Waals surface area contributed by atoms with Crippen LogP contribution in [0.2, 0.25) is 0 Å². The molecule has 0 aliphatic carbocycles. The van der Waals surface area contributed by atoms with Gasteiger partial charge in [0.1, 0.15) is 6.04 Å². The van der Waals surface area contributed by atoms with Crippen LogP contribution in [0.5, 0.6) is 0 Å². The van der Waals surface area contributed by atoms with Crippen molar-refractivity contribution in [2.24, 2.45) is 0 Å². The summed E-state index contributed by atoms with van der Waals surface area (Å²) in [5, 5.41) is 5.82. The molecule has 2 aromatic carbocycles. The first-order valence-corrected chi connectivity index (χ1v) is 11.7. The van der Waals surface area contributed by atoms with Gasteiger partial charge in [0.25, 0.3) is 0 Å². The van der Waals surface area contributed by atoms with Crippen molar-refractivity contribution >= 4 is 33.4 Å². The van der Waals surface area contributed by atoms with Gasteiger partial charge in [0.15, 0.2) is 0 Å². The highest BCUT2D eigenvalue weighted by Crippen LogP contribution is 2.24. The maximum Gasteiger partial charge on any atom is 0.243 e. The summed E-state index contributed by atoms with van der Waals surface area (Å²) in [6, 6.07) is 17.9. The van der Waals surface area contributed by atoms with Crippen molar-refractivity contribution in [1.29, 1.82) is 0 Å². The molecule has 2 amide bonds. The SMILES string of the molecule is O=C1CCCCSSC[C@@H](C(=O)NCc2ccc(-c3ccccc3)cc2)N1. The molecule has 4 nitrogen and oxygen atoms in total. The smallest absolute Gasteiger partial charge is 0.243 e. The molecule has 142 valence electrons. The fraction of sp³-hybridized carbons (Fsp3) is 0.333. The summed E-state index contributed by atoms with van der Waals surface area (Å²) < 4.78 is 0. The number of carbonyl (C=O) groups excluding carboxylic acids is 2. The molecule has 0 unspecified atom stereocenters. The van der Waals surface area contributed by atoms with Crippen LogP contribution in [-0.2, 0) is 16.1 Å². The first-order chi connectivity index (χ1) is 13.2. The minimum atomic E-state index is -0.475. The highest BCUT2D eigenvalue weighted by molar-refractivity contribution is 8.76. The zero-order valence-corrected chi connectivity index (χ0v) is 16.8. The van der Waals surface area contributed by atoms with Gasteiger partial charge < -0.3 is 10.6 Å². The first kappa shape index (κ1) is 19.8. The van der Waals surface area contributed by atoms with Crippen LogP contribution >= 0.6 is 21.6 Å². The Kier molecular flexibility index (Phi) is 7.66. The molecule has 0 aromatic heterocycles. The highest BCUT2D eigenvalue weighted by atomic mass is 33.1. The third-order valence-electron chi connectivity index (χ3n) is 4.38. The molecule has 1 aliphatic rings. The number of amides is 2. The highest BCUT2D eigenvalue weighted by Gasteiger charge is 2.21. The second-order valence-electron chi connectivity index (χ2n) is 6.46. The normalized spacial score (nSPS) is 18.4.